The van der Waals surface area contributed by atoms with Gasteiger partial charge in [0.05, 0.1) is 31.9 Å². The lowest BCUT2D eigenvalue weighted by atomic mass is 10.2. The van der Waals surface area contributed by atoms with E-state index in [2.05, 4.69) is 34.3 Å². The van der Waals surface area contributed by atoms with Crippen LogP contribution in [0, 0.1) is 0 Å². The lowest BCUT2D eigenvalue weighted by molar-refractivity contribution is 0.0227. The highest BCUT2D eigenvalue weighted by Gasteiger charge is 2.19. The average molecular weight is 449 g/mol. The molecule has 2 N–H and O–H groups in total. The summed E-state index contributed by atoms with van der Waals surface area (Å²) in [5.41, 5.74) is 0.877. The number of anilines is 2. The molecule has 0 spiro atoms. The number of morpholine rings is 2. The molecule has 2 aromatic rings. The van der Waals surface area contributed by atoms with E-state index in [0.717, 1.165) is 82.4 Å². The van der Waals surface area contributed by atoms with E-state index >= 15 is 0 Å². The van der Waals surface area contributed by atoms with Crippen molar-refractivity contribution in [2.75, 3.05) is 76.3 Å². The molecule has 8 nitrogen and oxygen atoms in total. The van der Waals surface area contributed by atoms with Crippen molar-refractivity contribution in [1.29, 1.82) is 0 Å². The van der Waals surface area contributed by atoms with E-state index in [1.165, 1.54) is 0 Å². The molecule has 2 atom stereocenters. The van der Waals surface area contributed by atoms with Crippen molar-refractivity contribution in [3.63, 3.8) is 0 Å². The fourth-order valence-electron chi connectivity index (χ4n) is 4.09. The Bertz CT molecular complexity index is 857. The molecule has 0 aliphatic carbocycles. The van der Waals surface area contributed by atoms with Crippen LogP contribution in [0.4, 0.5) is 11.8 Å². The third kappa shape index (κ3) is 5.96. The van der Waals surface area contributed by atoms with Crippen LogP contribution in [-0.2, 0) is 9.47 Å². The Hall–Kier alpha value is -1.71. The Kier molecular flexibility index (Phi) is 7.79. The molecule has 2 aliphatic heterocycles. The molecule has 4 rings (SSSR count). The molecule has 2 fully saturated rings. The molecule has 3 heterocycles. The predicted octanol–water partition coefficient (Wildman–Crippen LogP) is 2.55. The van der Waals surface area contributed by atoms with Gasteiger partial charge in [-0.3, -0.25) is 9.80 Å². The minimum Gasteiger partial charge on any atom is -0.379 e. The summed E-state index contributed by atoms with van der Waals surface area (Å²) in [4.78, 5) is 14.4. The van der Waals surface area contributed by atoms with Gasteiger partial charge in [-0.2, -0.15) is 4.98 Å². The number of benzene rings is 1. The first-order valence-corrected chi connectivity index (χ1v) is 11.6. The van der Waals surface area contributed by atoms with Crippen LogP contribution in [0.3, 0.4) is 0 Å². The van der Waals surface area contributed by atoms with E-state index < -0.39 is 0 Å². The first-order chi connectivity index (χ1) is 15.1. The molecule has 1 aromatic heterocycles. The van der Waals surface area contributed by atoms with Crippen LogP contribution < -0.4 is 10.6 Å². The van der Waals surface area contributed by atoms with Gasteiger partial charge in [-0.25, -0.2) is 4.98 Å². The minimum absolute atomic E-state index is 0.380. The van der Waals surface area contributed by atoms with Crippen molar-refractivity contribution in [3.05, 3.63) is 23.2 Å². The summed E-state index contributed by atoms with van der Waals surface area (Å²) in [5.74, 6) is 1.45. The number of nitrogens with one attached hydrogen (secondary N) is 2. The second-order valence-corrected chi connectivity index (χ2v) is 8.75. The van der Waals surface area contributed by atoms with Gasteiger partial charge < -0.3 is 20.1 Å². The van der Waals surface area contributed by atoms with Crippen molar-refractivity contribution in [2.45, 2.75) is 25.9 Å². The second kappa shape index (κ2) is 10.7. The minimum atomic E-state index is 0.380. The van der Waals surface area contributed by atoms with E-state index in [-0.39, 0.29) is 0 Å². The van der Waals surface area contributed by atoms with Gasteiger partial charge in [-0.15, -0.1) is 0 Å². The first kappa shape index (κ1) is 22.5. The third-order valence-corrected chi connectivity index (χ3v) is 6.35. The molecule has 170 valence electrons. The number of rotatable bonds is 8. The van der Waals surface area contributed by atoms with Gasteiger partial charge in [-0.05, 0) is 32.0 Å². The van der Waals surface area contributed by atoms with Gasteiger partial charge in [0.2, 0.25) is 5.95 Å². The van der Waals surface area contributed by atoms with Crippen LogP contribution in [0.1, 0.15) is 13.8 Å². The van der Waals surface area contributed by atoms with Crippen LogP contribution in [0.25, 0.3) is 10.9 Å². The maximum atomic E-state index is 6.27. The smallest absolute Gasteiger partial charge is 0.225 e. The van der Waals surface area contributed by atoms with Gasteiger partial charge in [0.1, 0.15) is 5.82 Å². The van der Waals surface area contributed by atoms with E-state index in [9.17, 15) is 0 Å². The fraction of sp³-hybridized carbons (Fsp3) is 0.636. The second-order valence-electron chi connectivity index (χ2n) is 8.31. The molecule has 0 unspecified atom stereocenters. The van der Waals surface area contributed by atoms with Gasteiger partial charge in [-0.1, -0.05) is 11.6 Å². The van der Waals surface area contributed by atoms with Crippen molar-refractivity contribution >= 4 is 34.3 Å². The molecular formula is C22H33ClN6O2. The maximum absolute atomic E-state index is 6.27. The van der Waals surface area contributed by atoms with Crippen molar-refractivity contribution in [2.24, 2.45) is 0 Å². The zero-order valence-electron chi connectivity index (χ0n) is 18.4. The highest BCUT2D eigenvalue weighted by Crippen LogP contribution is 2.25. The molecule has 0 radical (unpaired) electrons. The zero-order chi connectivity index (χ0) is 21.6. The van der Waals surface area contributed by atoms with E-state index in [4.69, 9.17) is 31.0 Å². The number of hydrogen-bond acceptors (Lipinski definition) is 8. The highest BCUT2D eigenvalue weighted by molar-refractivity contribution is 6.31. The number of fused-ring (bicyclic) bond motifs is 1. The third-order valence-electron chi connectivity index (χ3n) is 6.12. The number of aromatic nitrogens is 2. The van der Waals surface area contributed by atoms with Crippen molar-refractivity contribution < 1.29 is 9.47 Å². The Morgan fingerprint density at radius 1 is 0.903 bits per heavy atom. The monoisotopic (exact) mass is 448 g/mol. The topological polar surface area (TPSA) is 74.8 Å². The van der Waals surface area contributed by atoms with E-state index in [0.29, 0.717) is 23.1 Å². The summed E-state index contributed by atoms with van der Waals surface area (Å²) in [5, 5.41) is 8.60. The van der Waals surface area contributed by atoms with Crippen LogP contribution in [0.5, 0.6) is 0 Å². The summed E-state index contributed by atoms with van der Waals surface area (Å²) in [6, 6.07) is 6.51. The van der Waals surface area contributed by atoms with Crippen molar-refractivity contribution in [3.8, 4) is 0 Å². The van der Waals surface area contributed by atoms with Gasteiger partial charge >= 0.3 is 0 Å². The summed E-state index contributed by atoms with van der Waals surface area (Å²) in [6.07, 6.45) is 0. The lowest BCUT2D eigenvalue weighted by Crippen LogP contribution is -2.45. The number of ether oxygens (including phenoxy) is 2. The molecule has 31 heavy (non-hydrogen) atoms. The highest BCUT2D eigenvalue weighted by atomic mass is 35.5. The Morgan fingerprint density at radius 2 is 1.48 bits per heavy atom. The molecule has 2 saturated heterocycles. The quantitative estimate of drug-likeness (QED) is 0.638. The standard InChI is InChI=1S/C22H33ClN6O2/c1-16(28-5-9-30-10-6-28)14-24-21-19-13-18(23)3-4-20(19)26-22(27-21)25-15-17(2)29-7-11-31-12-8-29/h3-4,13,16-17H,5-12,14-15H2,1-2H3,(H2,24,25,26,27)/t16-,17+/m1/s1. The van der Waals surface area contributed by atoms with Crippen LogP contribution in [-0.4, -0.2) is 97.5 Å². The number of halogens is 1. The predicted molar refractivity (Wildman–Crippen MR) is 125 cm³/mol. The SMILES string of the molecule is C[C@H](CNc1nc(NC[C@H](C)N2CCOCC2)nc2ccc(Cl)cc12)N1CCOCC1. The first-order valence-electron chi connectivity index (χ1n) is 11.2. The molecule has 2 aliphatic rings. The maximum Gasteiger partial charge on any atom is 0.225 e. The summed E-state index contributed by atoms with van der Waals surface area (Å²) >= 11 is 6.27. The Labute approximate surface area is 189 Å². The summed E-state index contributed by atoms with van der Waals surface area (Å²) in [6.45, 7) is 13.1. The van der Waals surface area contributed by atoms with Crippen LogP contribution >= 0.6 is 11.6 Å². The molecule has 9 heteroatoms. The number of hydrogen-bond donors (Lipinski definition) is 2. The van der Waals surface area contributed by atoms with Gasteiger partial charge in [0, 0.05) is 61.8 Å². The van der Waals surface area contributed by atoms with Gasteiger partial charge in [0.25, 0.3) is 0 Å². The van der Waals surface area contributed by atoms with E-state index in [1.54, 1.807) is 0 Å². The fourth-order valence-corrected chi connectivity index (χ4v) is 4.26. The Morgan fingerprint density at radius 3 is 2.10 bits per heavy atom. The molecule has 0 bridgehead atoms. The summed E-state index contributed by atoms with van der Waals surface area (Å²) in [7, 11) is 0. The largest absolute Gasteiger partial charge is 0.379 e. The molecule has 0 amide bonds. The molecule has 1 aromatic carbocycles. The van der Waals surface area contributed by atoms with Gasteiger partial charge in [0.15, 0.2) is 0 Å². The number of nitrogens with zero attached hydrogens (tertiary/aromatic N) is 4. The normalized spacial score (nSPS) is 20.5. The van der Waals surface area contributed by atoms with Crippen LogP contribution in [0.2, 0.25) is 5.02 Å². The van der Waals surface area contributed by atoms with Crippen molar-refractivity contribution in [1.82, 2.24) is 19.8 Å². The lowest BCUT2D eigenvalue weighted by Gasteiger charge is -2.32. The Balaban J connectivity index is 1.45. The average Bonchev–Trinajstić information content (AvgIpc) is 2.82. The van der Waals surface area contributed by atoms with Crippen LogP contribution in [0.15, 0.2) is 18.2 Å². The summed E-state index contributed by atoms with van der Waals surface area (Å²) < 4.78 is 10.9. The zero-order valence-corrected chi connectivity index (χ0v) is 19.2. The molecular weight excluding hydrogens is 416 g/mol. The molecule has 0 saturated carbocycles. The van der Waals surface area contributed by atoms with E-state index in [1.807, 2.05) is 18.2 Å².